The number of carbonyl (C=O) groups is 4. The van der Waals surface area contributed by atoms with Gasteiger partial charge >= 0.3 is 23.9 Å². The third-order valence-corrected chi connectivity index (χ3v) is 5.92. The van der Waals surface area contributed by atoms with Crippen LogP contribution in [-0.2, 0) is 33.2 Å². The first-order valence-electron chi connectivity index (χ1n) is 12.0. The summed E-state index contributed by atoms with van der Waals surface area (Å²) in [5.74, 6) is -3.35. The lowest BCUT2D eigenvalue weighted by Gasteiger charge is -2.43. The number of hydrogen-bond acceptors (Lipinski definition) is 10. The Morgan fingerprint density at radius 2 is 0.949 bits per heavy atom. The number of methoxy groups -OCH3 is 2. The van der Waals surface area contributed by atoms with Crippen LogP contribution in [0.2, 0.25) is 0 Å². The van der Waals surface area contributed by atoms with E-state index in [9.17, 15) is 19.2 Å². The molecule has 39 heavy (non-hydrogen) atoms. The Bertz CT molecular complexity index is 1280. The maximum absolute atomic E-state index is 13.2. The lowest BCUT2D eigenvalue weighted by Crippen LogP contribution is -2.63. The van der Waals surface area contributed by atoms with Crippen molar-refractivity contribution in [1.29, 1.82) is 0 Å². The Morgan fingerprint density at radius 1 is 0.564 bits per heavy atom. The Kier molecular flexibility index (Phi) is 9.03. The zero-order valence-electron chi connectivity index (χ0n) is 21.1. The highest BCUT2D eigenvalue weighted by Gasteiger charge is 2.55. The number of carbonyl (C=O) groups excluding carboxylic acids is 4. The van der Waals surface area contributed by atoms with Gasteiger partial charge in [0.25, 0.3) is 0 Å². The number of hydrogen-bond donors (Lipinski definition) is 0. The van der Waals surface area contributed by atoms with Crippen LogP contribution in [0, 0.1) is 0 Å². The van der Waals surface area contributed by atoms with Crippen molar-refractivity contribution in [2.75, 3.05) is 14.2 Å². The smallest absolute Gasteiger partial charge is 0.339 e. The average Bonchev–Trinajstić information content (AvgIpc) is 2.99. The first-order valence-corrected chi connectivity index (χ1v) is 12.0. The summed E-state index contributed by atoms with van der Waals surface area (Å²) in [6.45, 7) is 0. The second-order valence-corrected chi connectivity index (χ2v) is 8.39. The molecular weight excluding hydrogens is 508 g/mol. The fourth-order valence-corrected chi connectivity index (χ4v) is 3.99. The molecule has 1 aliphatic rings. The van der Waals surface area contributed by atoms with Crippen LogP contribution in [0.4, 0.5) is 0 Å². The fraction of sp³-hybridized carbons (Fsp3) is 0.241. The van der Waals surface area contributed by atoms with Crippen molar-refractivity contribution >= 4 is 23.9 Å². The topological polar surface area (TPSA) is 124 Å². The molecule has 0 spiro atoms. The molecule has 0 aliphatic carbocycles. The molecule has 1 heterocycles. The molecule has 0 unspecified atom stereocenters. The van der Waals surface area contributed by atoms with Crippen LogP contribution in [-0.4, -0.2) is 68.8 Å². The third kappa shape index (κ3) is 6.49. The van der Waals surface area contributed by atoms with Gasteiger partial charge in [-0.25, -0.2) is 19.2 Å². The van der Waals surface area contributed by atoms with Gasteiger partial charge in [-0.15, -0.1) is 0 Å². The molecule has 202 valence electrons. The van der Waals surface area contributed by atoms with Crippen molar-refractivity contribution in [2.45, 2.75) is 30.7 Å². The van der Waals surface area contributed by atoms with E-state index in [2.05, 4.69) is 0 Å². The molecule has 10 heteroatoms. The molecule has 1 fully saturated rings. The quantitative estimate of drug-likeness (QED) is 0.314. The van der Waals surface area contributed by atoms with Crippen molar-refractivity contribution in [3.63, 3.8) is 0 Å². The summed E-state index contributed by atoms with van der Waals surface area (Å²) in [5, 5.41) is 0. The largest absolute Gasteiger partial charge is 0.467 e. The molecule has 1 saturated heterocycles. The first kappa shape index (κ1) is 27.5. The predicted octanol–water partition coefficient (Wildman–Crippen LogP) is 3.21. The van der Waals surface area contributed by atoms with Crippen LogP contribution in [0.3, 0.4) is 0 Å². The zero-order chi connectivity index (χ0) is 27.8. The van der Waals surface area contributed by atoms with Gasteiger partial charge in [-0.05, 0) is 36.4 Å². The molecule has 0 aromatic heterocycles. The fourth-order valence-electron chi connectivity index (χ4n) is 3.99. The second-order valence-electron chi connectivity index (χ2n) is 8.39. The van der Waals surface area contributed by atoms with Crippen LogP contribution in [0.25, 0.3) is 0 Å². The van der Waals surface area contributed by atoms with Gasteiger partial charge in [0, 0.05) is 7.11 Å². The minimum atomic E-state index is -1.58. The molecule has 0 radical (unpaired) electrons. The van der Waals surface area contributed by atoms with E-state index in [1.807, 2.05) is 0 Å². The molecule has 0 amide bonds. The molecule has 3 aromatic rings. The standard InChI is InChI=1S/C29H26O10/c1-34-28(33)23-21(36-25(30)18-12-6-3-7-13-18)22(37-26(31)19-14-8-4-9-15-19)24(29(35-2)39-23)38-27(32)20-16-10-5-11-17-20/h3-17,21-24,29H,1-2H3/t21-,22-,23-,24+,29+/m0/s1. The summed E-state index contributed by atoms with van der Waals surface area (Å²) in [7, 11) is 2.38. The highest BCUT2D eigenvalue weighted by Crippen LogP contribution is 2.31. The highest BCUT2D eigenvalue weighted by atomic mass is 16.7. The molecule has 5 atom stereocenters. The van der Waals surface area contributed by atoms with E-state index in [4.69, 9.17) is 28.4 Å². The Balaban J connectivity index is 1.74. The van der Waals surface area contributed by atoms with E-state index in [1.54, 1.807) is 54.6 Å². The van der Waals surface area contributed by atoms with E-state index in [1.165, 1.54) is 43.5 Å². The van der Waals surface area contributed by atoms with Crippen LogP contribution in [0.1, 0.15) is 31.1 Å². The minimum Gasteiger partial charge on any atom is -0.467 e. The van der Waals surface area contributed by atoms with E-state index in [0.29, 0.717) is 0 Å². The first-order chi connectivity index (χ1) is 18.9. The molecule has 4 rings (SSSR count). The van der Waals surface area contributed by atoms with Gasteiger partial charge in [0.15, 0.2) is 30.7 Å². The van der Waals surface area contributed by atoms with Gasteiger partial charge in [-0.1, -0.05) is 54.6 Å². The van der Waals surface area contributed by atoms with Gasteiger partial charge in [0.05, 0.1) is 23.8 Å². The zero-order valence-corrected chi connectivity index (χ0v) is 21.1. The predicted molar refractivity (Wildman–Crippen MR) is 135 cm³/mol. The van der Waals surface area contributed by atoms with Crippen molar-refractivity contribution in [2.24, 2.45) is 0 Å². The van der Waals surface area contributed by atoms with Gasteiger partial charge in [-0.3, -0.25) is 0 Å². The van der Waals surface area contributed by atoms with Gasteiger partial charge in [0.1, 0.15) is 0 Å². The van der Waals surface area contributed by atoms with Crippen molar-refractivity contribution in [1.82, 2.24) is 0 Å². The van der Waals surface area contributed by atoms with Crippen LogP contribution in [0.15, 0.2) is 91.0 Å². The van der Waals surface area contributed by atoms with Gasteiger partial charge in [0.2, 0.25) is 0 Å². The summed E-state index contributed by atoms with van der Waals surface area (Å²) in [4.78, 5) is 52.0. The Hall–Kier alpha value is -4.54. The number of esters is 4. The minimum absolute atomic E-state index is 0.168. The van der Waals surface area contributed by atoms with Gasteiger partial charge in [-0.2, -0.15) is 0 Å². The van der Waals surface area contributed by atoms with Crippen LogP contribution in [0.5, 0.6) is 0 Å². The monoisotopic (exact) mass is 534 g/mol. The summed E-state index contributed by atoms with van der Waals surface area (Å²) in [6.07, 6.45) is -7.50. The Labute approximate surface area is 224 Å². The van der Waals surface area contributed by atoms with Crippen LogP contribution >= 0.6 is 0 Å². The van der Waals surface area contributed by atoms with E-state index >= 15 is 0 Å². The summed E-state index contributed by atoms with van der Waals surface area (Å²) in [5.41, 5.74) is 0.545. The SMILES string of the molecule is COC(=O)[C@H]1O[C@@H](OC)[C@H](OC(=O)c2ccccc2)[C@@H](OC(=O)c2ccccc2)[C@@H]1OC(=O)c1ccccc1. The van der Waals surface area contributed by atoms with E-state index < -0.39 is 54.6 Å². The summed E-state index contributed by atoms with van der Waals surface area (Å²) < 4.78 is 33.2. The van der Waals surface area contributed by atoms with Gasteiger partial charge < -0.3 is 28.4 Å². The number of benzene rings is 3. The molecule has 0 N–H and O–H groups in total. The maximum Gasteiger partial charge on any atom is 0.339 e. The van der Waals surface area contributed by atoms with Crippen LogP contribution < -0.4 is 0 Å². The Morgan fingerprint density at radius 3 is 1.33 bits per heavy atom. The van der Waals surface area contributed by atoms with Crippen molar-refractivity contribution < 1.29 is 47.6 Å². The van der Waals surface area contributed by atoms with E-state index in [0.717, 1.165) is 7.11 Å². The number of rotatable bonds is 8. The second kappa shape index (κ2) is 12.8. The molecule has 1 aliphatic heterocycles. The molecule has 0 bridgehead atoms. The maximum atomic E-state index is 13.2. The lowest BCUT2D eigenvalue weighted by molar-refractivity contribution is -0.285. The average molecular weight is 535 g/mol. The molecule has 3 aromatic carbocycles. The molecule has 0 saturated carbocycles. The van der Waals surface area contributed by atoms with Crippen molar-refractivity contribution in [3.8, 4) is 0 Å². The van der Waals surface area contributed by atoms with Crippen molar-refractivity contribution in [3.05, 3.63) is 108 Å². The third-order valence-electron chi connectivity index (χ3n) is 5.92. The normalized spacial score (nSPS) is 22.3. The molecule has 10 nitrogen and oxygen atoms in total. The summed E-state index contributed by atoms with van der Waals surface area (Å²) in [6, 6.07) is 24.1. The summed E-state index contributed by atoms with van der Waals surface area (Å²) >= 11 is 0. The number of ether oxygens (including phenoxy) is 6. The molecular formula is C29H26O10. The highest BCUT2D eigenvalue weighted by molar-refractivity contribution is 5.91. The van der Waals surface area contributed by atoms with E-state index in [-0.39, 0.29) is 16.7 Å². The lowest BCUT2D eigenvalue weighted by atomic mass is 9.97.